The molecule has 8 heteroatoms. The number of amides is 2. The molecule has 1 unspecified atom stereocenters. The predicted molar refractivity (Wildman–Crippen MR) is 141 cm³/mol. The number of hydrogen-bond donors (Lipinski definition) is 0. The fourth-order valence-electron chi connectivity index (χ4n) is 5.35. The van der Waals surface area contributed by atoms with E-state index in [9.17, 15) is 9.59 Å². The van der Waals surface area contributed by atoms with Gasteiger partial charge in [0.1, 0.15) is 24.4 Å². The maximum absolute atomic E-state index is 13.6. The van der Waals surface area contributed by atoms with Crippen LogP contribution >= 0.6 is 0 Å². The van der Waals surface area contributed by atoms with Gasteiger partial charge < -0.3 is 23.7 Å². The van der Waals surface area contributed by atoms with Gasteiger partial charge in [-0.25, -0.2) is 0 Å². The van der Waals surface area contributed by atoms with Crippen molar-refractivity contribution < 1.29 is 33.3 Å². The van der Waals surface area contributed by atoms with E-state index in [1.807, 2.05) is 60.7 Å². The minimum Gasteiger partial charge on any atom is -0.368 e. The molecule has 0 N–H and O–H groups in total. The summed E-state index contributed by atoms with van der Waals surface area (Å²) < 4.78 is 31.4. The molecule has 0 aromatic heterocycles. The summed E-state index contributed by atoms with van der Waals surface area (Å²) in [6.07, 6.45) is -2.01. The number of benzene rings is 3. The van der Waals surface area contributed by atoms with Gasteiger partial charge >= 0.3 is 0 Å². The number of hydrogen-bond acceptors (Lipinski definition) is 7. The molecule has 39 heavy (non-hydrogen) atoms. The lowest BCUT2D eigenvalue weighted by Crippen LogP contribution is -2.68. The molecule has 0 saturated carbocycles. The Kier molecular flexibility index (Phi) is 7.36. The van der Waals surface area contributed by atoms with Crippen molar-refractivity contribution in [2.24, 2.45) is 0 Å². The number of fused-ring (bicyclic) bond motifs is 2. The van der Waals surface area contributed by atoms with E-state index >= 15 is 0 Å². The number of ether oxygens (including phenoxy) is 5. The van der Waals surface area contributed by atoms with Gasteiger partial charge in [0, 0.05) is 5.56 Å². The Bertz CT molecular complexity index is 1300. The summed E-state index contributed by atoms with van der Waals surface area (Å²) >= 11 is 0. The average Bonchev–Trinajstić information content (AvgIpc) is 3.24. The summed E-state index contributed by atoms with van der Waals surface area (Å²) in [7, 11) is 0. The topological polar surface area (TPSA) is 83.5 Å². The summed E-state index contributed by atoms with van der Waals surface area (Å²) in [5.74, 6) is -0.843. The van der Waals surface area contributed by atoms with Gasteiger partial charge in [0.05, 0.1) is 30.9 Å². The standard InChI is InChI=1S/C31H29NO7/c1-2-17-35-31-25(32-28(33)22-15-9-10-16-23(22)29(32)34)27(36-18-20-11-5-3-6-12-20)26-24(38-31)19-37-30(39-26)21-13-7-4-8-14-21/h2-16,24-27,30-31H,1,17-19H2/t24-,25-,26-,27+,30?,31-/m1/s1. The first-order valence-corrected chi connectivity index (χ1v) is 13.0. The second kappa shape index (κ2) is 11.2. The molecule has 2 fully saturated rings. The van der Waals surface area contributed by atoms with E-state index in [1.54, 1.807) is 30.3 Å². The molecule has 6 atom stereocenters. The fourth-order valence-corrected chi connectivity index (χ4v) is 5.35. The highest BCUT2D eigenvalue weighted by Crippen LogP contribution is 2.39. The predicted octanol–water partition coefficient (Wildman–Crippen LogP) is 4.28. The van der Waals surface area contributed by atoms with E-state index < -0.39 is 48.7 Å². The van der Waals surface area contributed by atoms with Crippen LogP contribution in [0.3, 0.4) is 0 Å². The lowest BCUT2D eigenvalue weighted by molar-refractivity contribution is -0.353. The lowest BCUT2D eigenvalue weighted by atomic mass is 9.94. The monoisotopic (exact) mass is 527 g/mol. The zero-order chi connectivity index (χ0) is 26.8. The van der Waals surface area contributed by atoms with E-state index in [-0.39, 0.29) is 19.8 Å². The summed E-state index contributed by atoms with van der Waals surface area (Å²) in [5, 5.41) is 0. The maximum Gasteiger partial charge on any atom is 0.262 e. The second-order valence-corrected chi connectivity index (χ2v) is 9.62. The zero-order valence-corrected chi connectivity index (χ0v) is 21.3. The molecule has 3 aliphatic rings. The van der Waals surface area contributed by atoms with Crippen LogP contribution in [0.5, 0.6) is 0 Å². The van der Waals surface area contributed by atoms with Gasteiger partial charge in [0.2, 0.25) is 0 Å². The van der Waals surface area contributed by atoms with Gasteiger partial charge in [0.15, 0.2) is 12.6 Å². The minimum atomic E-state index is -0.979. The normalized spacial score (nSPS) is 28.2. The molecule has 2 saturated heterocycles. The number of imide groups is 1. The SMILES string of the molecule is C=CCO[C@@H]1O[C@@H]2COC(c3ccccc3)O[C@H]2[C@@H](OCc2ccccc2)[C@H]1N1C(=O)c2ccccc2C1=O. The Hall–Kier alpha value is -3.66. The number of carbonyl (C=O) groups is 2. The summed E-state index contributed by atoms with van der Waals surface area (Å²) in [6, 6.07) is 25.2. The van der Waals surface area contributed by atoms with E-state index in [4.69, 9.17) is 23.7 Å². The van der Waals surface area contributed by atoms with Gasteiger partial charge in [-0.05, 0) is 17.7 Å². The van der Waals surface area contributed by atoms with Crippen LogP contribution < -0.4 is 0 Å². The molecule has 3 aliphatic heterocycles. The quantitative estimate of drug-likeness (QED) is 0.319. The molecule has 2 amide bonds. The van der Waals surface area contributed by atoms with Gasteiger partial charge in [0.25, 0.3) is 11.8 Å². The Morgan fingerprint density at radius 2 is 1.49 bits per heavy atom. The number of carbonyl (C=O) groups excluding carboxylic acids is 2. The fraction of sp³-hybridized carbons (Fsp3) is 0.290. The van der Waals surface area contributed by atoms with Crippen LogP contribution in [0.15, 0.2) is 97.6 Å². The number of rotatable bonds is 8. The molecule has 0 aliphatic carbocycles. The molecule has 0 bridgehead atoms. The molecular formula is C31H29NO7. The molecule has 3 heterocycles. The van der Waals surface area contributed by atoms with Crippen molar-refractivity contribution in [2.45, 2.75) is 43.5 Å². The Labute approximate surface area is 226 Å². The summed E-state index contributed by atoms with van der Waals surface area (Å²) in [4.78, 5) is 28.5. The van der Waals surface area contributed by atoms with Crippen molar-refractivity contribution in [2.75, 3.05) is 13.2 Å². The highest BCUT2D eigenvalue weighted by molar-refractivity contribution is 6.21. The van der Waals surface area contributed by atoms with Crippen molar-refractivity contribution in [3.8, 4) is 0 Å². The highest BCUT2D eigenvalue weighted by atomic mass is 16.7. The molecular weight excluding hydrogens is 498 g/mol. The van der Waals surface area contributed by atoms with Gasteiger partial charge in [-0.1, -0.05) is 78.9 Å². The Balaban J connectivity index is 1.38. The van der Waals surface area contributed by atoms with Crippen molar-refractivity contribution in [1.29, 1.82) is 0 Å². The smallest absolute Gasteiger partial charge is 0.262 e. The van der Waals surface area contributed by atoms with Gasteiger partial charge in [-0.3, -0.25) is 14.5 Å². The van der Waals surface area contributed by atoms with Gasteiger partial charge in [-0.2, -0.15) is 0 Å². The van der Waals surface area contributed by atoms with E-state index in [0.717, 1.165) is 11.1 Å². The van der Waals surface area contributed by atoms with Crippen LogP contribution in [0, 0.1) is 0 Å². The van der Waals surface area contributed by atoms with E-state index in [0.29, 0.717) is 11.1 Å². The zero-order valence-electron chi connectivity index (χ0n) is 21.3. The van der Waals surface area contributed by atoms with Crippen molar-refractivity contribution in [3.05, 3.63) is 120 Å². The average molecular weight is 528 g/mol. The van der Waals surface area contributed by atoms with Crippen molar-refractivity contribution in [1.82, 2.24) is 4.90 Å². The second-order valence-electron chi connectivity index (χ2n) is 9.62. The van der Waals surface area contributed by atoms with Crippen LogP contribution in [-0.2, 0) is 30.3 Å². The minimum absolute atomic E-state index is 0.154. The van der Waals surface area contributed by atoms with Crippen LogP contribution in [0.25, 0.3) is 0 Å². The Morgan fingerprint density at radius 1 is 0.846 bits per heavy atom. The third-order valence-corrected chi connectivity index (χ3v) is 7.17. The summed E-state index contributed by atoms with van der Waals surface area (Å²) in [5.41, 5.74) is 2.46. The molecule has 3 aromatic rings. The third kappa shape index (κ3) is 4.93. The van der Waals surface area contributed by atoms with Crippen molar-refractivity contribution >= 4 is 11.8 Å². The molecule has 6 rings (SSSR count). The highest BCUT2D eigenvalue weighted by Gasteiger charge is 2.57. The van der Waals surface area contributed by atoms with Crippen LogP contribution in [0.4, 0.5) is 0 Å². The Morgan fingerprint density at radius 3 is 2.15 bits per heavy atom. The molecule has 0 spiro atoms. The molecule has 3 aromatic carbocycles. The van der Waals surface area contributed by atoms with Crippen LogP contribution in [-0.4, -0.2) is 60.6 Å². The molecule has 8 nitrogen and oxygen atoms in total. The first kappa shape index (κ1) is 25.6. The molecule has 200 valence electrons. The van der Waals surface area contributed by atoms with Gasteiger partial charge in [-0.15, -0.1) is 6.58 Å². The number of nitrogens with zero attached hydrogens (tertiary/aromatic N) is 1. The van der Waals surface area contributed by atoms with E-state index in [1.165, 1.54) is 4.90 Å². The van der Waals surface area contributed by atoms with Crippen LogP contribution in [0.1, 0.15) is 38.1 Å². The van der Waals surface area contributed by atoms with Crippen molar-refractivity contribution in [3.63, 3.8) is 0 Å². The first-order chi connectivity index (χ1) is 19.2. The first-order valence-electron chi connectivity index (χ1n) is 13.0. The lowest BCUT2D eigenvalue weighted by Gasteiger charge is -2.50. The summed E-state index contributed by atoms with van der Waals surface area (Å²) in [6.45, 7) is 4.35. The largest absolute Gasteiger partial charge is 0.368 e. The van der Waals surface area contributed by atoms with E-state index in [2.05, 4.69) is 6.58 Å². The van der Waals surface area contributed by atoms with Crippen LogP contribution in [0.2, 0.25) is 0 Å². The third-order valence-electron chi connectivity index (χ3n) is 7.17. The maximum atomic E-state index is 13.6. The molecule has 0 radical (unpaired) electrons.